The van der Waals surface area contributed by atoms with Gasteiger partial charge in [0, 0.05) is 13.4 Å². The van der Waals surface area contributed by atoms with Gasteiger partial charge in [0.25, 0.3) is 0 Å². The number of nitrogens with one attached hydrogen (secondary N) is 1. The van der Waals surface area contributed by atoms with Gasteiger partial charge in [-0.15, -0.1) is 0 Å². The summed E-state index contributed by atoms with van der Waals surface area (Å²) in [5, 5.41) is 19.7. The van der Waals surface area contributed by atoms with E-state index in [9.17, 15) is 9.59 Å². The van der Waals surface area contributed by atoms with Gasteiger partial charge in [0.2, 0.25) is 5.91 Å². The maximum atomic E-state index is 11.8. The van der Waals surface area contributed by atoms with Crippen LogP contribution in [-0.4, -0.2) is 48.8 Å². The third-order valence-electron chi connectivity index (χ3n) is 3.47. The number of ether oxygens (including phenoxy) is 1. The lowest BCUT2D eigenvalue weighted by atomic mass is 9.87. The minimum Gasteiger partial charge on any atom is -0.508 e. The Kier molecular flexibility index (Phi) is 15.6. The van der Waals surface area contributed by atoms with Gasteiger partial charge < -0.3 is 29.7 Å². The number of aromatic hydroxyl groups is 1. The van der Waals surface area contributed by atoms with Gasteiger partial charge in [0.1, 0.15) is 11.9 Å². The van der Waals surface area contributed by atoms with E-state index in [-0.39, 0.29) is 51.9 Å². The van der Waals surface area contributed by atoms with Gasteiger partial charge in [0.15, 0.2) is 9.03 Å². The van der Waals surface area contributed by atoms with Crippen molar-refractivity contribution in [3.05, 3.63) is 29.8 Å². The number of carbonyl (C=O) groups excluding carboxylic acids is 2. The molecular weight excluding hydrogens is 399 g/mol. The molecule has 1 saturated heterocycles. The summed E-state index contributed by atoms with van der Waals surface area (Å²) in [5.41, 5.74) is 0.202. The Labute approximate surface area is 175 Å². The topological polar surface area (TPSA) is 149 Å². The van der Waals surface area contributed by atoms with Crippen molar-refractivity contribution in [1.82, 2.24) is 5.32 Å². The molecule has 0 radical (unpaired) electrons. The van der Waals surface area contributed by atoms with Crippen LogP contribution in [0, 0.1) is 16.7 Å². The molecule has 29 heavy (non-hydrogen) atoms. The first kappa shape index (κ1) is 29.0. The van der Waals surface area contributed by atoms with Gasteiger partial charge in [-0.2, -0.15) is 5.26 Å². The molecule has 1 aliphatic heterocycles. The van der Waals surface area contributed by atoms with Crippen molar-refractivity contribution >= 4 is 20.9 Å². The Balaban J connectivity index is -0.000000478. The zero-order valence-corrected chi connectivity index (χ0v) is 18.4. The van der Waals surface area contributed by atoms with Crippen LogP contribution in [0.2, 0.25) is 0 Å². The van der Waals surface area contributed by atoms with Crippen molar-refractivity contribution in [2.45, 2.75) is 40.2 Å². The Morgan fingerprint density at radius 2 is 1.97 bits per heavy atom. The number of methoxy groups -OCH3 is 1. The number of benzene rings is 1. The van der Waals surface area contributed by atoms with Gasteiger partial charge >= 0.3 is 5.97 Å². The second kappa shape index (κ2) is 15.7. The lowest BCUT2D eigenvalue weighted by molar-refractivity contribution is -0.141. The molecular formula is C19H33N2O7P. The van der Waals surface area contributed by atoms with Crippen molar-refractivity contribution in [1.29, 1.82) is 5.26 Å². The normalized spacial score (nSPS) is 17.0. The smallest absolute Gasteiger partial charge is 0.307 e. The number of carbonyl (C=O) groups is 2. The first-order valence-electron chi connectivity index (χ1n) is 8.86. The van der Waals surface area contributed by atoms with Crippen molar-refractivity contribution < 1.29 is 35.4 Å². The molecule has 0 bridgehead atoms. The fourth-order valence-corrected chi connectivity index (χ4v) is 2.98. The van der Waals surface area contributed by atoms with E-state index in [1.807, 2.05) is 33.8 Å². The SMILES string of the molecule is CC.COC(=O)CCNC(=O)[C@@H]1OPOCC1(C)C.N#Cc1ccc(O)cc1.O.[HH]. The van der Waals surface area contributed by atoms with Crippen LogP contribution >= 0.6 is 9.03 Å². The van der Waals surface area contributed by atoms with Gasteiger partial charge in [-0.3, -0.25) is 9.59 Å². The van der Waals surface area contributed by atoms with Crippen LogP contribution in [0.4, 0.5) is 0 Å². The highest BCUT2D eigenvalue weighted by atomic mass is 31.1. The van der Waals surface area contributed by atoms with Crippen molar-refractivity contribution in [3.63, 3.8) is 0 Å². The Morgan fingerprint density at radius 3 is 2.45 bits per heavy atom. The molecule has 1 fully saturated rings. The second-order valence-corrected chi connectivity index (χ2v) is 6.83. The molecule has 166 valence electrons. The van der Waals surface area contributed by atoms with E-state index in [0.717, 1.165) is 0 Å². The third kappa shape index (κ3) is 11.4. The maximum Gasteiger partial charge on any atom is 0.307 e. The molecule has 1 unspecified atom stereocenters. The molecule has 0 aromatic heterocycles. The molecule has 0 aliphatic carbocycles. The van der Waals surface area contributed by atoms with E-state index in [4.69, 9.17) is 19.4 Å². The largest absolute Gasteiger partial charge is 0.508 e. The Bertz CT molecular complexity index is 651. The summed E-state index contributed by atoms with van der Waals surface area (Å²) < 4.78 is 15.0. The van der Waals surface area contributed by atoms with E-state index >= 15 is 0 Å². The highest BCUT2D eigenvalue weighted by Gasteiger charge is 2.39. The number of nitriles is 1. The van der Waals surface area contributed by atoms with Gasteiger partial charge in [0.05, 0.1) is 31.8 Å². The van der Waals surface area contributed by atoms with Gasteiger partial charge in [-0.05, 0) is 24.3 Å². The zero-order chi connectivity index (χ0) is 21.6. The molecule has 10 heteroatoms. The first-order chi connectivity index (χ1) is 13.3. The van der Waals surface area contributed by atoms with Gasteiger partial charge in [-0.25, -0.2) is 0 Å². The fraction of sp³-hybridized carbons (Fsp3) is 0.526. The number of phenolic OH excluding ortho intramolecular Hbond substituents is 1. The lowest BCUT2D eigenvalue weighted by Crippen LogP contribution is -2.48. The van der Waals surface area contributed by atoms with Crippen molar-refractivity contribution in [3.8, 4) is 11.8 Å². The molecule has 1 aromatic carbocycles. The predicted molar refractivity (Wildman–Crippen MR) is 112 cm³/mol. The molecule has 0 spiro atoms. The highest BCUT2D eigenvalue weighted by Crippen LogP contribution is 2.37. The minimum atomic E-state index is -0.535. The molecule has 1 heterocycles. The van der Waals surface area contributed by atoms with Crippen molar-refractivity contribution in [2.75, 3.05) is 20.3 Å². The van der Waals surface area contributed by atoms with Crippen LogP contribution in [0.5, 0.6) is 5.75 Å². The van der Waals surface area contributed by atoms with Gasteiger partial charge in [-0.1, -0.05) is 27.7 Å². The second-order valence-electron chi connectivity index (χ2n) is 6.13. The predicted octanol–water partition coefficient (Wildman–Crippen LogP) is 2.33. The number of hydrogen-bond acceptors (Lipinski definition) is 7. The number of rotatable bonds is 4. The average molecular weight is 432 g/mol. The summed E-state index contributed by atoms with van der Waals surface area (Å²) in [5.74, 6) is -0.372. The Morgan fingerprint density at radius 1 is 1.38 bits per heavy atom. The van der Waals surface area contributed by atoms with Crippen LogP contribution < -0.4 is 5.32 Å². The number of esters is 1. The van der Waals surface area contributed by atoms with E-state index in [0.29, 0.717) is 12.2 Å². The van der Waals surface area contributed by atoms with E-state index in [2.05, 4.69) is 10.1 Å². The number of amides is 1. The molecule has 2 atom stereocenters. The summed E-state index contributed by atoms with van der Waals surface area (Å²) in [6.45, 7) is 8.55. The molecule has 9 nitrogen and oxygen atoms in total. The van der Waals surface area contributed by atoms with E-state index in [1.54, 1.807) is 12.1 Å². The Hall–Kier alpha value is -2.24. The molecule has 2 rings (SSSR count). The number of hydrogen-bond donors (Lipinski definition) is 2. The standard InChI is InChI=1S/C10H18NO5P.C7H5NO.C2H6.H2O.H2/c1-10(2)6-15-17-16-8(10)9(13)11-5-4-7(12)14-3;8-5-6-1-3-7(9)4-2-6;1-2;;/h8,17H,4-6H2,1-3H3,(H,11,13);1-4,9H;1-2H3;1H2;1H/t8-;;;;/m0..../s1. The average Bonchev–Trinajstić information content (AvgIpc) is 2.70. The molecule has 1 aromatic rings. The monoisotopic (exact) mass is 432 g/mol. The van der Waals surface area contributed by atoms with Crippen molar-refractivity contribution in [2.24, 2.45) is 5.41 Å². The fourth-order valence-electron chi connectivity index (χ4n) is 1.96. The molecule has 1 amide bonds. The molecule has 4 N–H and O–H groups in total. The highest BCUT2D eigenvalue weighted by molar-refractivity contribution is 7.26. The summed E-state index contributed by atoms with van der Waals surface area (Å²) in [6, 6.07) is 8.04. The lowest BCUT2D eigenvalue weighted by Gasteiger charge is -2.36. The minimum absolute atomic E-state index is 0. The number of nitrogens with zero attached hydrogens (tertiary/aromatic N) is 1. The van der Waals surface area contributed by atoms with E-state index in [1.165, 1.54) is 19.2 Å². The van der Waals surface area contributed by atoms with E-state index < -0.39 is 6.10 Å². The zero-order valence-electron chi connectivity index (χ0n) is 17.4. The summed E-state index contributed by atoms with van der Waals surface area (Å²) >= 11 is 0. The molecule has 1 aliphatic rings. The van der Waals surface area contributed by atoms with Crippen LogP contribution in [0.3, 0.4) is 0 Å². The van der Waals surface area contributed by atoms with Crippen LogP contribution in [0.25, 0.3) is 0 Å². The van der Waals surface area contributed by atoms with Crippen LogP contribution in [-0.2, 0) is 23.4 Å². The molecule has 0 saturated carbocycles. The summed E-state index contributed by atoms with van der Waals surface area (Å²) in [4.78, 5) is 22.7. The van der Waals surface area contributed by atoms with Crippen LogP contribution in [0.15, 0.2) is 24.3 Å². The first-order valence-corrected chi connectivity index (χ1v) is 9.68. The maximum absolute atomic E-state index is 11.8. The number of phenols is 1. The summed E-state index contributed by atoms with van der Waals surface area (Å²) in [6.07, 6.45) is -0.374. The van der Waals surface area contributed by atoms with Crippen LogP contribution in [0.1, 0.15) is 41.1 Å². The summed E-state index contributed by atoms with van der Waals surface area (Å²) in [7, 11) is 1.21. The quantitative estimate of drug-likeness (QED) is 0.547. The third-order valence-corrected chi connectivity index (χ3v) is 4.06.